The number of benzene rings is 1. The van der Waals surface area contributed by atoms with Gasteiger partial charge in [0.1, 0.15) is 12.2 Å². The van der Waals surface area contributed by atoms with Crippen molar-refractivity contribution < 1.29 is 19.2 Å². The Morgan fingerprint density at radius 1 is 1.39 bits per heavy atom. The SMILES string of the molecule is COc1ccc(Cc2nc(CC(=O)O)no2)cc1. The van der Waals surface area contributed by atoms with Gasteiger partial charge >= 0.3 is 5.97 Å². The largest absolute Gasteiger partial charge is 0.497 e. The number of hydrogen-bond acceptors (Lipinski definition) is 5. The number of hydrogen-bond donors (Lipinski definition) is 1. The third-order valence-electron chi connectivity index (χ3n) is 2.33. The minimum Gasteiger partial charge on any atom is -0.497 e. The molecule has 94 valence electrons. The summed E-state index contributed by atoms with van der Waals surface area (Å²) in [6.07, 6.45) is 0.239. The third kappa shape index (κ3) is 3.07. The van der Waals surface area contributed by atoms with Crippen molar-refractivity contribution in [3.8, 4) is 5.75 Å². The van der Waals surface area contributed by atoms with Crippen LogP contribution in [0.2, 0.25) is 0 Å². The molecule has 1 N–H and O–H groups in total. The molecule has 0 bridgehead atoms. The van der Waals surface area contributed by atoms with E-state index in [1.807, 2.05) is 24.3 Å². The quantitative estimate of drug-likeness (QED) is 0.858. The van der Waals surface area contributed by atoms with E-state index in [1.165, 1.54) is 0 Å². The van der Waals surface area contributed by atoms with Gasteiger partial charge in [-0.1, -0.05) is 17.3 Å². The van der Waals surface area contributed by atoms with Crippen molar-refractivity contribution in [2.45, 2.75) is 12.8 Å². The Balaban J connectivity index is 2.03. The molecule has 0 saturated heterocycles. The fourth-order valence-corrected chi connectivity index (χ4v) is 1.49. The van der Waals surface area contributed by atoms with E-state index in [9.17, 15) is 4.79 Å². The average molecular weight is 248 g/mol. The molecule has 0 aliphatic rings. The van der Waals surface area contributed by atoms with Gasteiger partial charge in [0.05, 0.1) is 13.5 Å². The van der Waals surface area contributed by atoms with E-state index in [1.54, 1.807) is 7.11 Å². The molecule has 6 heteroatoms. The second kappa shape index (κ2) is 5.31. The normalized spacial score (nSPS) is 10.3. The van der Waals surface area contributed by atoms with Gasteiger partial charge in [-0.25, -0.2) is 0 Å². The van der Waals surface area contributed by atoms with Crippen molar-refractivity contribution in [2.75, 3.05) is 7.11 Å². The summed E-state index contributed by atoms with van der Waals surface area (Å²) in [5, 5.41) is 12.2. The molecule has 1 heterocycles. The highest BCUT2D eigenvalue weighted by atomic mass is 16.5. The number of carbonyl (C=O) groups is 1. The van der Waals surface area contributed by atoms with Gasteiger partial charge in [0.15, 0.2) is 5.82 Å². The lowest BCUT2D eigenvalue weighted by Crippen LogP contribution is -2.01. The summed E-state index contributed by atoms with van der Waals surface area (Å²) < 4.78 is 10.0. The summed E-state index contributed by atoms with van der Waals surface area (Å²) in [5.74, 6) is 0.380. The Kier molecular flexibility index (Phi) is 3.57. The van der Waals surface area contributed by atoms with Gasteiger partial charge in [-0.15, -0.1) is 0 Å². The summed E-state index contributed by atoms with van der Waals surface area (Å²) in [7, 11) is 1.60. The van der Waals surface area contributed by atoms with Gasteiger partial charge in [0, 0.05) is 0 Å². The number of nitrogens with zero attached hydrogens (tertiary/aromatic N) is 2. The molecule has 0 amide bonds. The third-order valence-corrected chi connectivity index (χ3v) is 2.33. The van der Waals surface area contributed by atoms with Crippen LogP contribution < -0.4 is 4.74 Å². The lowest BCUT2D eigenvalue weighted by molar-refractivity contribution is -0.136. The second-order valence-electron chi connectivity index (χ2n) is 3.70. The Hall–Kier alpha value is -2.37. The molecular formula is C12H12N2O4. The topological polar surface area (TPSA) is 85.5 Å². The number of methoxy groups -OCH3 is 1. The van der Waals surface area contributed by atoms with Crippen LogP contribution in [-0.4, -0.2) is 28.3 Å². The van der Waals surface area contributed by atoms with Gasteiger partial charge in [-0.05, 0) is 17.7 Å². The fourth-order valence-electron chi connectivity index (χ4n) is 1.49. The zero-order chi connectivity index (χ0) is 13.0. The molecule has 0 aliphatic heterocycles. The minimum atomic E-state index is -0.980. The molecule has 6 nitrogen and oxygen atoms in total. The van der Waals surface area contributed by atoms with Crippen molar-refractivity contribution >= 4 is 5.97 Å². The van der Waals surface area contributed by atoms with Crippen LogP contribution in [0.25, 0.3) is 0 Å². The number of ether oxygens (including phenoxy) is 1. The van der Waals surface area contributed by atoms with Crippen LogP contribution in [0.15, 0.2) is 28.8 Å². The highest BCUT2D eigenvalue weighted by Crippen LogP contribution is 2.14. The summed E-state index contributed by atoms with van der Waals surface area (Å²) in [6.45, 7) is 0. The zero-order valence-electron chi connectivity index (χ0n) is 9.79. The van der Waals surface area contributed by atoms with Crippen molar-refractivity contribution in [2.24, 2.45) is 0 Å². The van der Waals surface area contributed by atoms with E-state index in [0.717, 1.165) is 11.3 Å². The number of carboxylic acid groups (broad SMARTS) is 1. The number of rotatable bonds is 5. The molecule has 0 fully saturated rings. The van der Waals surface area contributed by atoms with Gasteiger partial charge < -0.3 is 14.4 Å². The van der Waals surface area contributed by atoms with E-state index in [-0.39, 0.29) is 12.2 Å². The van der Waals surface area contributed by atoms with Crippen LogP contribution in [0.5, 0.6) is 5.75 Å². The standard InChI is InChI=1S/C12H12N2O4/c1-17-9-4-2-8(3-5-9)6-11-13-10(14-18-11)7-12(15)16/h2-5H,6-7H2,1H3,(H,15,16). The fraction of sp³-hybridized carbons (Fsp3) is 0.250. The van der Waals surface area contributed by atoms with Gasteiger partial charge in [-0.2, -0.15) is 4.98 Å². The van der Waals surface area contributed by atoms with Crippen LogP contribution in [-0.2, 0) is 17.6 Å². The molecule has 2 rings (SSSR count). The molecule has 18 heavy (non-hydrogen) atoms. The van der Waals surface area contributed by atoms with Crippen LogP contribution in [0.4, 0.5) is 0 Å². The molecular weight excluding hydrogens is 236 g/mol. The first-order chi connectivity index (χ1) is 8.67. The average Bonchev–Trinajstić information content (AvgIpc) is 2.76. The highest BCUT2D eigenvalue weighted by Gasteiger charge is 2.10. The predicted molar refractivity (Wildman–Crippen MR) is 61.4 cm³/mol. The Bertz CT molecular complexity index is 533. The minimum absolute atomic E-state index is 0.186. The Labute approximate surface area is 103 Å². The second-order valence-corrected chi connectivity index (χ2v) is 3.70. The highest BCUT2D eigenvalue weighted by molar-refractivity contribution is 5.68. The van der Waals surface area contributed by atoms with Crippen molar-refractivity contribution in [3.63, 3.8) is 0 Å². The molecule has 0 radical (unpaired) electrons. The first-order valence-corrected chi connectivity index (χ1v) is 5.33. The lowest BCUT2D eigenvalue weighted by atomic mass is 10.1. The lowest BCUT2D eigenvalue weighted by Gasteiger charge is -2.00. The summed E-state index contributed by atoms with van der Waals surface area (Å²) >= 11 is 0. The molecule has 2 aromatic rings. The predicted octanol–water partition coefficient (Wildman–Crippen LogP) is 1.30. The Morgan fingerprint density at radius 3 is 2.72 bits per heavy atom. The first kappa shape index (κ1) is 12.1. The molecule has 0 saturated carbocycles. The number of aromatic nitrogens is 2. The van der Waals surface area contributed by atoms with E-state index >= 15 is 0 Å². The molecule has 0 aliphatic carbocycles. The van der Waals surface area contributed by atoms with Gasteiger partial charge in [0.2, 0.25) is 5.89 Å². The van der Waals surface area contributed by atoms with E-state index in [2.05, 4.69) is 10.1 Å². The molecule has 1 aromatic heterocycles. The monoisotopic (exact) mass is 248 g/mol. The summed E-state index contributed by atoms with van der Waals surface area (Å²) in [5.41, 5.74) is 0.987. The van der Waals surface area contributed by atoms with Crippen molar-refractivity contribution in [1.82, 2.24) is 10.1 Å². The number of aliphatic carboxylic acids is 1. The van der Waals surface area contributed by atoms with Crippen LogP contribution in [0, 0.1) is 0 Å². The molecule has 1 aromatic carbocycles. The first-order valence-electron chi connectivity index (χ1n) is 5.33. The van der Waals surface area contributed by atoms with Crippen molar-refractivity contribution in [1.29, 1.82) is 0 Å². The van der Waals surface area contributed by atoms with E-state index < -0.39 is 5.97 Å². The summed E-state index contributed by atoms with van der Waals surface area (Å²) in [6, 6.07) is 7.45. The molecule has 0 unspecified atom stereocenters. The zero-order valence-corrected chi connectivity index (χ0v) is 9.79. The van der Waals surface area contributed by atoms with Crippen LogP contribution in [0.3, 0.4) is 0 Å². The van der Waals surface area contributed by atoms with Gasteiger partial charge in [0.25, 0.3) is 0 Å². The molecule has 0 spiro atoms. The maximum absolute atomic E-state index is 10.5. The van der Waals surface area contributed by atoms with Crippen molar-refractivity contribution in [3.05, 3.63) is 41.5 Å². The maximum Gasteiger partial charge on any atom is 0.311 e. The molecule has 0 atom stereocenters. The van der Waals surface area contributed by atoms with Gasteiger partial charge in [-0.3, -0.25) is 4.79 Å². The van der Waals surface area contributed by atoms with E-state index in [4.69, 9.17) is 14.4 Å². The van der Waals surface area contributed by atoms with E-state index in [0.29, 0.717) is 12.3 Å². The summed E-state index contributed by atoms with van der Waals surface area (Å²) in [4.78, 5) is 14.5. The van der Waals surface area contributed by atoms with Crippen LogP contribution in [0.1, 0.15) is 17.3 Å². The number of carboxylic acids is 1. The maximum atomic E-state index is 10.5. The van der Waals surface area contributed by atoms with Crippen LogP contribution >= 0.6 is 0 Å². The Morgan fingerprint density at radius 2 is 2.11 bits per heavy atom. The smallest absolute Gasteiger partial charge is 0.311 e.